The molecule has 60 valence electrons. The summed E-state index contributed by atoms with van der Waals surface area (Å²) < 4.78 is 0. The summed E-state index contributed by atoms with van der Waals surface area (Å²) in [4.78, 5) is 8.46. The van der Waals surface area contributed by atoms with Crippen LogP contribution in [0.4, 0.5) is 0 Å². The van der Waals surface area contributed by atoms with Gasteiger partial charge in [0.25, 0.3) is 0 Å². The van der Waals surface area contributed by atoms with Gasteiger partial charge in [-0.15, -0.1) is 0 Å². The molecule has 1 aliphatic rings. The SMILES string of the molecule is Cc1ncc2c(n1)C=CCC=C2. The average Bonchev–Trinajstić information content (AvgIpc) is 2.28. The monoisotopic (exact) mass is 158 g/mol. The van der Waals surface area contributed by atoms with Crippen LogP contribution in [0.2, 0.25) is 0 Å². The van der Waals surface area contributed by atoms with Crippen LogP contribution >= 0.6 is 0 Å². The summed E-state index contributed by atoms with van der Waals surface area (Å²) in [7, 11) is 0. The molecule has 0 atom stereocenters. The second kappa shape index (κ2) is 2.89. The van der Waals surface area contributed by atoms with Crippen molar-refractivity contribution in [2.24, 2.45) is 0 Å². The zero-order valence-electron chi connectivity index (χ0n) is 6.99. The summed E-state index contributed by atoms with van der Waals surface area (Å²) in [6, 6.07) is 0. The number of hydrogen-bond donors (Lipinski definition) is 0. The predicted molar refractivity (Wildman–Crippen MR) is 49.5 cm³/mol. The minimum atomic E-state index is 0.828. The highest BCUT2D eigenvalue weighted by molar-refractivity contribution is 5.63. The van der Waals surface area contributed by atoms with E-state index in [1.807, 2.05) is 19.2 Å². The molecule has 0 saturated heterocycles. The van der Waals surface area contributed by atoms with Gasteiger partial charge in [0.15, 0.2) is 0 Å². The maximum atomic E-state index is 4.32. The molecule has 0 bridgehead atoms. The van der Waals surface area contributed by atoms with Gasteiger partial charge < -0.3 is 0 Å². The minimum Gasteiger partial charge on any atom is -0.241 e. The number of nitrogens with zero attached hydrogens (tertiary/aromatic N) is 2. The van der Waals surface area contributed by atoms with Crippen molar-refractivity contribution in [3.8, 4) is 0 Å². The Morgan fingerprint density at radius 3 is 3.00 bits per heavy atom. The molecule has 1 aromatic heterocycles. The first-order valence-electron chi connectivity index (χ1n) is 4.03. The fourth-order valence-electron chi connectivity index (χ4n) is 1.21. The Bertz CT molecular complexity index is 351. The van der Waals surface area contributed by atoms with Gasteiger partial charge >= 0.3 is 0 Å². The Hall–Kier alpha value is -1.44. The number of aromatic nitrogens is 2. The molecule has 0 aromatic carbocycles. The first-order chi connectivity index (χ1) is 5.86. The van der Waals surface area contributed by atoms with Gasteiger partial charge in [-0.2, -0.15) is 0 Å². The standard InChI is InChI=1S/C10H10N2/c1-8-11-7-9-5-3-2-4-6-10(9)12-8/h3-7H,2H2,1H3. The molecular weight excluding hydrogens is 148 g/mol. The van der Waals surface area contributed by atoms with E-state index in [1.165, 1.54) is 0 Å². The molecule has 2 nitrogen and oxygen atoms in total. The van der Waals surface area contributed by atoms with Crippen LogP contribution in [0.1, 0.15) is 23.5 Å². The van der Waals surface area contributed by atoms with Crippen molar-refractivity contribution in [1.82, 2.24) is 9.97 Å². The number of hydrogen-bond acceptors (Lipinski definition) is 2. The number of aryl methyl sites for hydroxylation is 1. The third-order valence-electron chi connectivity index (χ3n) is 1.81. The Morgan fingerprint density at radius 2 is 2.08 bits per heavy atom. The Labute approximate surface area is 71.7 Å². The van der Waals surface area contributed by atoms with Gasteiger partial charge in [0, 0.05) is 11.8 Å². The highest BCUT2D eigenvalue weighted by atomic mass is 14.9. The summed E-state index contributed by atoms with van der Waals surface area (Å²) in [6.45, 7) is 1.91. The fraction of sp³-hybridized carbons (Fsp3) is 0.200. The van der Waals surface area contributed by atoms with Crippen molar-refractivity contribution in [2.45, 2.75) is 13.3 Å². The van der Waals surface area contributed by atoms with E-state index in [9.17, 15) is 0 Å². The molecule has 2 heteroatoms. The Morgan fingerprint density at radius 1 is 1.25 bits per heavy atom. The molecule has 0 amide bonds. The molecule has 0 fully saturated rings. The van der Waals surface area contributed by atoms with Gasteiger partial charge in [-0.1, -0.05) is 18.2 Å². The molecule has 0 aliphatic heterocycles. The smallest absolute Gasteiger partial charge is 0.125 e. The summed E-state index contributed by atoms with van der Waals surface area (Å²) in [6.07, 6.45) is 11.2. The van der Waals surface area contributed by atoms with Gasteiger partial charge in [0.05, 0.1) is 5.69 Å². The van der Waals surface area contributed by atoms with E-state index < -0.39 is 0 Å². The third-order valence-corrected chi connectivity index (χ3v) is 1.81. The molecule has 0 spiro atoms. The summed E-state index contributed by atoms with van der Waals surface area (Å²) >= 11 is 0. The lowest BCUT2D eigenvalue weighted by molar-refractivity contribution is 1.04. The molecule has 1 aliphatic carbocycles. The highest BCUT2D eigenvalue weighted by Crippen LogP contribution is 2.13. The van der Waals surface area contributed by atoms with Gasteiger partial charge in [-0.05, 0) is 19.4 Å². The van der Waals surface area contributed by atoms with Crippen LogP contribution in [-0.4, -0.2) is 9.97 Å². The van der Waals surface area contributed by atoms with Crippen LogP contribution < -0.4 is 0 Å². The van der Waals surface area contributed by atoms with E-state index in [-0.39, 0.29) is 0 Å². The molecule has 0 N–H and O–H groups in total. The molecule has 0 radical (unpaired) electrons. The molecule has 12 heavy (non-hydrogen) atoms. The number of fused-ring (bicyclic) bond motifs is 1. The van der Waals surface area contributed by atoms with Crippen LogP contribution in [0, 0.1) is 6.92 Å². The normalized spacial score (nSPS) is 14.1. The van der Waals surface area contributed by atoms with E-state index >= 15 is 0 Å². The van der Waals surface area contributed by atoms with E-state index in [2.05, 4.69) is 28.2 Å². The highest BCUT2D eigenvalue weighted by Gasteiger charge is 2.00. The summed E-state index contributed by atoms with van der Waals surface area (Å²) in [5.74, 6) is 0.828. The topological polar surface area (TPSA) is 25.8 Å². The zero-order chi connectivity index (χ0) is 8.39. The van der Waals surface area contributed by atoms with E-state index in [0.29, 0.717) is 0 Å². The van der Waals surface area contributed by atoms with Crippen molar-refractivity contribution in [1.29, 1.82) is 0 Å². The van der Waals surface area contributed by atoms with Crippen LogP contribution in [0.15, 0.2) is 18.3 Å². The van der Waals surface area contributed by atoms with Crippen molar-refractivity contribution in [3.05, 3.63) is 35.4 Å². The first-order valence-corrected chi connectivity index (χ1v) is 4.03. The second-order valence-electron chi connectivity index (χ2n) is 2.80. The summed E-state index contributed by atoms with van der Waals surface area (Å²) in [5.41, 5.74) is 2.13. The van der Waals surface area contributed by atoms with Crippen LogP contribution in [0.5, 0.6) is 0 Å². The van der Waals surface area contributed by atoms with Crippen LogP contribution in [0.3, 0.4) is 0 Å². The van der Waals surface area contributed by atoms with Crippen molar-refractivity contribution in [2.75, 3.05) is 0 Å². The van der Waals surface area contributed by atoms with Crippen molar-refractivity contribution < 1.29 is 0 Å². The summed E-state index contributed by atoms with van der Waals surface area (Å²) in [5, 5.41) is 0. The van der Waals surface area contributed by atoms with Crippen molar-refractivity contribution in [3.63, 3.8) is 0 Å². The van der Waals surface area contributed by atoms with Gasteiger partial charge in [0.2, 0.25) is 0 Å². The zero-order valence-corrected chi connectivity index (χ0v) is 6.99. The molecule has 0 saturated carbocycles. The van der Waals surface area contributed by atoms with Crippen LogP contribution in [0.25, 0.3) is 12.2 Å². The average molecular weight is 158 g/mol. The Kier molecular flexibility index (Phi) is 1.74. The molecule has 1 aromatic rings. The van der Waals surface area contributed by atoms with E-state index in [4.69, 9.17) is 0 Å². The van der Waals surface area contributed by atoms with Gasteiger partial charge in [-0.3, -0.25) is 0 Å². The van der Waals surface area contributed by atoms with Crippen molar-refractivity contribution >= 4 is 12.2 Å². The number of allylic oxidation sites excluding steroid dienone is 2. The van der Waals surface area contributed by atoms with Crippen LogP contribution in [-0.2, 0) is 0 Å². The predicted octanol–water partition coefficient (Wildman–Crippen LogP) is 2.22. The Balaban J connectivity index is 2.58. The third kappa shape index (κ3) is 1.28. The molecule has 1 heterocycles. The number of rotatable bonds is 0. The van der Waals surface area contributed by atoms with Gasteiger partial charge in [0.1, 0.15) is 5.82 Å². The quantitative estimate of drug-likeness (QED) is 0.578. The molecule has 2 rings (SSSR count). The maximum Gasteiger partial charge on any atom is 0.125 e. The largest absolute Gasteiger partial charge is 0.241 e. The van der Waals surface area contributed by atoms with E-state index in [0.717, 1.165) is 23.5 Å². The lowest BCUT2D eigenvalue weighted by Crippen LogP contribution is -1.92. The second-order valence-corrected chi connectivity index (χ2v) is 2.80. The fourth-order valence-corrected chi connectivity index (χ4v) is 1.21. The first kappa shape index (κ1) is 7.22. The minimum absolute atomic E-state index is 0.828. The lowest BCUT2D eigenvalue weighted by atomic mass is 10.2. The van der Waals surface area contributed by atoms with E-state index in [1.54, 1.807) is 0 Å². The lowest BCUT2D eigenvalue weighted by Gasteiger charge is -1.98. The van der Waals surface area contributed by atoms with Gasteiger partial charge in [-0.25, -0.2) is 9.97 Å². The maximum absolute atomic E-state index is 4.32. The molecule has 0 unspecified atom stereocenters. The molecular formula is C10H10N2.